The Hall–Kier alpha value is -3.65. The average molecular weight is 664 g/mol. The molecule has 0 bridgehead atoms. The van der Waals surface area contributed by atoms with Gasteiger partial charge in [-0.25, -0.2) is 4.39 Å². The molecule has 3 aromatic heterocycles. The van der Waals surface area contributed by atoms with E-state index >= 15 is 0 Å². The summed E-state index contributed by atoms with van der Waals surface area (Å²) >= 11 is 6.70. The van der Waals surface area contributed by atoms with Crippen LogP contribution in [0.2, 0.25) is 0 Å². The van der Waals surface area contributed by atoms with Crippen LogP contribution in [0.25, 0.3) is 11.3 Å². The van der Waals surface area contributed by atoms with Crippen LogP contribution in [0.4, 0.5) is 10.2 Å². The quantitative estimate of drug-likeness (QED) is 0.127. The molecule has 0 unspecified atom stereocenters. The molecule has 0 spiro atoms. The van der Waals surface area contributed by atoms with Gasteiger partial charge in [0.25, 0.3) is 0 Å². The van der Waals surface area contributed by atoms with Crippen molar-refractivity contribution in [2.24, 2.45) is 14.1 Å². The number of aromatic nitrogens is 5. The number of carbonyl (C=O) groups excluding carboxylic acids is 1. The molecule has 0 aliphatic heterocycles. The van der Waals surface area contributed by atoms with Crippen molar-refractivity contribution in [1.29, 1.82) is 0 Å². The van der Waals surface area contributed by atoms with E-state index < -0.39 is 22.7 Å². The van der Waals surface area contributed by atoms with E-state index in [-0.39, 0.29) is 34.6 Å². The molecule has 1 saturated carbocycles. The first kappa shape index (κ1) is 26.9. The molecule has 14 heteroatoms. The number of halogens is 3. The molecule has 1 aromatic carbocycles. The lowest BCUT2D eigenvalue weighted by atomic mass is 9.96. The number of pyridine rings is 1. The van der Waals surface area contributed by atoms with Gasteiger partial charge in [-0.05, 0) is 79.7 Å². The van der Waals surface area contributed by atoms with E-state index in [4.69, 9.17) is 9.47 Å². The molecular weight excluding hydrogens is 643 g/mol. The fourth-order valence-corrected chi connectivity index (χ4v) is 5.02. The molecule has 4 aromatic rings. The molecule has 0 amide bonds. The minimum Gasteiger partial charge on any atom is -0.478 e. The second kappa shape index (κ2) is 10.5. The molecule has 1 fully saturated rings. The first-order valence-corrected chi connectivity index (χ1v) is 13.4. The summed E-state index contributed by atoms with van der Waals surface area (Å²) in [7, 11) is 3.31. The van der Waals surface area contributed by atoms with E-state index in [0.29, 0.717) is 26.0 Å². The Morgan fingerprint density at radius 1 is 1.23 bits per heavy atom. The first-order chi connectivity index (χ1) is 18.5. The minimum absolute atomic E-state index is 0.0904. The van der Waals surface area contributed by atoms with Gasteiger partial charge < -0.3 is 19.6 Å². The number of aryl methyl sites for hydroxylation is 2. The van der Waals surface area contributed by atoms with E-state index in [2.05, 4.69) is 47.0 Å². The second-order valence-electron chi connectivity index (χ2n) is 9.03. The zero-order valence-electron chi connectivity index (χ0n) is 20.9. The van der Waals surface area contributed by atoms with Crippen molar-refractivity contribution in [2.45, 2.75) is 32.0 Å². The summed E-state index contributed by atoms with van der Waals surface area (Å²) in [5.74, 6) is -1.17. The molecule has 11 nitrogen and oxygen atoms in total. The van der Waals surface area contributed by atoms with Gasteiger partial charge in [-0.15, -0.1) is 5.10 Å². The van der Waals surface area contributed by atoms with Crippen molar-refractivity contribution in [3.8, 4) is 22.9 Å². The summed E-state index contributed by atoms with van der Waals surface area (Å²) in [6.45, 7) is 1.62. The molecule has 0 N–H and O–H groups in total. The van der Waals surface area contributed by atoms with Gasteiger partial charge in [0.1, 0.15) is 33.9 Å². The number of hydrogen-bond donors (Lipinski definition) is 0. The van der Waals surface area contributed by atoms with Crippen molar-refractivity contribution in [1.82, 2.24) is 24.5 Å². The maximum Gasteiger partial charge on any atom is 0.406 e. The van der Waals surface area contributed by atoms with Crippen molar-refractivity contribution >= 4 is 43.5 Å². The molecule has 1 aliphatic rings. The molecule has 39 heavy (non-hydrogen) atoms. The van der Waals surface area contributed by atoms with Gasteiger partial charge in [0.05, 0.1) is 10.0 Å². The molecule has 202 valence electrons. The molecule has 0 saturated heterocycles. The van der Waals surface area contributed by atoms with Crippen molar-refractivity contribution in [3.63, 3.8) is 0 Å². The van der Waals surface area contributed by atoms with Crippen LogP contribution >= 0.6 is 31.9 Å². The number of ether oxygens (including phenoxy) is 2. The number of nitro groups is 1. The Bertz CT molecular complexity index is 1620. The number of rotatable bonds is 9. The third-order valence-corrected chi connectivity index (χ3v) is 7.18. The van der Waals surface area contributed by atoms with Crippen molar-refractivity contribution < 1.29 is 23.6 Å². The van der Waals surface area contributed by atoms with Gasteiger partial charge in [-0.2, -0.15) is 5.10 Å². The average Bonchev–Trinajstić information content (AvgIpc) is 3.54. The summed E-state index contributed by atoms with van der Waals surface area (Å²) in [6, 6.07) is 5.41. The Balaban J connectivity index is 1.55. The number of carbonyl (C=O) groups is 1. The third-order valence-electron chi connectivity index (χ3n) is 6.03. The van der Waals surface area contributed by atoms with Gasteiger partial charge in [-0.1, -0.05) is 0 Å². The second-order valence-corrected chi connectivity index (χ2v) is 10.7. The van der Waals surface area contributed by atoms with E-state index in [0.717, 1.165) is 12.8 Å². The normalized spacial score (nSPS) is 13.8. The lowest BCUT2D eigenvalue weighted by Gasteiger charge is -2.18. The number of benzene rings is 1. The highest BCUT2D eigenvalue weighted by Crippen LogP contribution is 2.38. The number of hydrogen-bond acceptors (Lipinski definition) is 8. The van der Waals surface area contributed by atoms with Gasteiger partial charge in [-0.3, -0.25) is 14.2 Å². The predicted octanol–water partition coefficient (Wildman–Crippen LogP) is 5.70. The Morgan fingerprint density at radius 2 is 1.97 bits per heavy atom. The van der Waals surface area contributed by atoms with E-state index in [9.17, 15) is 19.3 Å². The van der Waals surface area contributed by atoms with Crippen LogP contribution in [0, 0.1) is 15.9 Å². The van der Waals surface area contributed by atoms with Gasteiger partial charge in [0, 0.05) is 37.5 Å². The molecule has 5 rings (SSSR count). The van der Waals surface area contributed by atoms with E-state index in [1.807, 2.05) is 0 Å². The smallest absolute Gasteiger partial charge is 0.406 e. The maximum atomic E-state index is 14.5. The largest absolute Gasteiger partial charge is 0.478 e. The van der Waals surface area contributed by atoms with Crippen LogP contribution in [-0.2, 0) is 14.1 Å². The van der Waals surface area contributed by atoms with Crippen LogP contribution in [0.15, 0.2) is 45.6 Å². The Morgan fingerprint density at radius 3 is 2.67 bits per heavy atom. The molecule has 1 atom stereocenters. The van der Waals surface area contributed by atoms with Gasteiger partial charge in [0.2, 0.25) is 17.4 Å². The van der Waals surface area contributed by atoms with Crippen molar-refractivity contribution in [2.75, 3.05) is 0 Å². The zero-order chi connectivity index (χ0) is 28.0. The Kier molecular flexibility index (Phi) is 7.25. The third kappa shape index (κ3) is 5.43. The summed E-state index contributed by atoms with van der Waals surface area (Å²) in [4.78, 5) is 28.4. The Labute approximate surface area is 238 Å². The summed E-state index contributed by atoms with van der Waals surface area (Å²) in [6.07, 6.45) is 3.94. The predicted molar refractivity (Wildman–Crippen MR) is 144 cm³/mol. The van der Waals surface area contributed by atoms with Gasteiger partial charge in [0.15, 0.2) is 6.20 Å². The topological polar surface area (TPSA) is 127 Å². The van der Waals surface area contributed by atoms with Crippen LogP contribution in [0.5, 0.6) is 11.6 Å². The molecule has 0 radical (unpaired) electrons. The first-order valence-electron chi connectivity index (χ1n) is 11.8. The summed E-state index contributed by atoms with van der Waals surface area (Å²) in [5.41, 5.74) is 1.55. The summed E-state index contributed by atoms with van der Waals surface area (Å²) in [5, 5.41) is 20.3. The molecule has 1 aliphatic carbocycles. The fourth-order valence-electron chi connectivity index (χ4n) is 4.10. The van der Waals surface area contributed by atoms with Crippen LogP contribution in [-0.4, -0.2) is 41.4 Å². The number of ketones is 1. The van der Waals surface area contributed by atoms with Crippen LogP contribution < -0.4 is 9.47 Å². The standard InChI is InChI=1S/C25H21Br2FN6O5/c1-12(38-19-8-13(26)10-29-24(19)34(36)37)17-9-14(28)4-7-16(17)21-18(11-32(2)30-21)23(35)22-20(27)25(31-33(22)3)39-15-5-6-15/h4,7-12,15H,5-6H2,1-3H3/t12-/m1/s1. The van der Waals surface area contributed by atoms with E-state index in [1.54, 1.807) is 27.2 Å². The van der Waals surface area contributed by atoms with E-state index in [1.165, 1.54) is 39.8 Å². The van der Waals surface area contributed by atoms with Crippen LogP contribution in [0.1, 0.15) is 47.5 Å². The highest BCUT2D eigenvalue weighted by atomic mass is 79.9. The maximum absolute atomic E-state index is 14.5. The molecule has 3 heterocycles. The lowest BCUT2D eigenvalue weighted by molar-refractivity contribution is -0.390. The zero-order valence-corrected chi connectivity index (χ0v) is 24.1. The number of nitrogens with zero attached hydrogens (tertiary/aromatic N) is 6. The summed E-state index contributed by atoms with van der Waals surface area (Å²) < 4.78 is 30.0. The van der Waals surface area contributed by atoms with Gasteiger partial charge >= 0.3 is 5.82 Å². The monoisotopic (exact) mass is 662 g/mol. The lowest BCUT2D eigenvalue weighted by Crippen LogP contribution is -2.11. The van der Waals surface area contributed by atoms with Crippen molar-refractivity contribution in [3.05, 3.63) is 78.4 Å². The minimum atomic E-state index is -0.877. The molecular formula is C25H21Br2FN6O5. The highest BCUT2D eigenvalue weighted by molar-refractivity contribution is 9.10. The SMILES string of the molecule is C[C@@H](Oc1cc(Br)cnc1[N+](=O)[O-])c1cc(F)ccc1-c1nn(C)cc1C(=O)c1c(Br)c(OC2CC2)nn1C. The fraction of sp³-hybridized carbons (Fsp3) is 0.280. The highest BCUT2D eigenvalue weighted by Gasteiger charge is 2.31. The van der Waals surface area contributed by atoms with Crippen LogP contribution in [0.3, 0.4) is 0 Å².